The molecule has 0 bridgehead atoms. The third-order valence-electron chi connectivity index (χ3n) is 2.31. The first-order chi connectivity index (χ1) is 5.91. The largest absolute Gasteiger partial charge is 0.326 e. The molecule has 0 aromatic rings. The Bertz CT molecular complexity index is 204. The van der Waals surface area contributed by atoms with Gasteiger partial charge in [0.15, 0.2) is 0 Å². The summed E-state index contributed by atoms with van der Waals surface area (Å²) >= 11 is 0. The van der Waals surface area contributed by atoms with Gasteiger partial charge in [-0.2, -0.15) is 0 Å². The van der Waals surface area contributed by atoms with E-state index < -0.39 is 0 Å². The SMILES string of the molecule is CCC(C)N(C)C(=O)N(C)C(C)=O. The summed E-state index contributed by atoms with van der Waals surface area (Å²) in [7, 11) is 3.19. The van der Waals surface area contributed by atoms with Crippen molar-refractivity contribution in [2.24, 2.45) is 0 Å². The monoisotopic (exact) mass is 186 g/mol. The zero-order valence-corrected chi connectivity index (χ0v) is 9.00. The molecule has 76 valence electrons. The molecular formula is C9H18N2O2. The van der Waals surface area contributed by atoms with Crippen LogP contribution in [0.4, 0.5) is 4.79 Å². The molecule has 13 heavy (non-hydrogen) atoms. The molecule has 0 rings (SSSR count). The summed E-state index contributed by atoms with van der Waals surface area (Å²) in [6.07, 6.45) is 0.883. The van der Waals surface area contributed by atoms with E-state index in [0.717, 1.165) is 11.3 Å². The van der Waals surface area contributed by atoms with Crippen molar-refractivity contribution >= 4 is 11.9 Å². The van der Waals surface area contributed by atoms with Crippen LogP contribution in [0, 0.1) is 0 Å². The fourth-order valence-electron chi connectivity index (χ4n) is 0.834. The van der Waals surface area contributed by atoms with Crippen LogP contribution in [0.1, 0.15) is 27.2 Å². The van der Waals surface area contributed by atoms with Crippen molar-refractivity contribution in [3.05, 3.63) is 0 Å². The van der Waals surface area contributed by atoms with E-state index in [-0.39, 0.29) is 18.0 Å². The number of hydrogen-bond donors (Lipinski definition) is 0. The molecule has 3 amide bonds. The number of rotatable bonds is 2. The van der Waals surface area contributed by atoms with Crippen LogP contribution in [0.3, 0.4) is 0 Å². The number of urea groups is 1. The smallest absolute Gasteiger partial charge is 0.325 e. The van der Waals surface area contributed by atoms with Gasteiger partial charge in [-0.1, -0.05) is 6.92 Å². The minimum Gasteiger partial charge on any atom is -0.325 e. The summed E-state index contributed by atoms with van der Waals surface area (Å²) in [4.78, 5) is 25.1. The molecule has 1 atom stereocenters. The Hall–Kier alpha value is -1.06. The van der Waals surface area contributed by atoms with Crippen LogP contribution in [0.2, 0.25) is 0 Å². The van der Waals surface area contributed by atoms with Crippen LogP contribution >= 0.6 is 0 Å². The van der Waals surface area contributed by atoms with E-state index in [1.807, 2.05) is 13.8 Å². The highest BCUT2D eigenvalue weighted by Gasteiger charge is 2.20. The second-order valence-electron chi connectivity index (χ2n) is 3.23. The van der Waals surface area contributed by atoms with Crippen LogP contribution in [-0.2, 0) is 4.79 Å². The average molecular weight is 186 g/mol. The van der Waals surface area contributed by atoms with Gasteiger partial charge in [-0.15, -0.1) is 0 Å². The summed E-state index contributed by atoms with van der Waals surface area (Å²) in [5.74, 6) is -0.236. The van der Waals surface area contributed by atoms with Gasteiger partial charge in [-0.3, -0.25) is 9.69 Å². The molecule has 0 spiro atoms. The minimum absolute atomic E-state index is 0.161. The number of imide groups is 1. The quantitative estimate of drug-likeness (QED) is 0.652. The van der Waals surface area contributed by atoms with Crippen molar-refractivity contribution in [1.29, 1.82) is 0 Å². The minimum atomic E-state index is -0.248. The van der Waals surface area contributed by atoms with E-state index in [4.69, 9.17) is 0 Å². The summed E-state index contributed by atoms with van der Waals surface area (Å²) in [5, 5.41) is 0. The second kappa shape index (κ2) is 4.84. The zero-order valence-electron chi connectivity index (χ0n) is 9.00. The zero-order chi connectivity index (χ0) is 10.6. The van der Waals surface area contributed by atoms with E-state index in [9.17, 15) is 9.59 Å². The first kappa shape index (κ1) is 11.9. The molecule has 0 N–H and O–H groups in total. The molecule has 0 radical (unpaired) electrons. The predicted octanol–water partition coefficient (Wildman–Crippen LogP) is 1.32. The van der Waals surface area contributed by atoms with Gasteiger partial charge >= 0.3 is 6.03 Å². The maximum absolute atomic E-state index is 11.5. The Kier molecular flexibility index (Phi) is 4.45. The lowest BCUT2D eigenvalue weighted by atomic mass is 10.2. The van der Waals surface area contributed by atoms with Crippen LogP contribution < -0.4 is 0 Å². The maximum Gasteiger partial charge on any atom is 0.326 e. The molecule has 1 unspecified atom stereocenters. The molecular weight excluding hydrogens is 168 g/mol. The van der Waals surface area contributed by atoms with Gasteiger partial charge in [0.05, 0.1) is 0 Å². The molecule has 0 fully saturated rings. The third-order valence-corrected chi connectivity index (χ3v) is 2.31. The van der Waals surface area contributed by atoms with Gasteiger partial charge in [0, 0.05) is 27.1 Å². The Balaban J connectivity index is 4.33. The molecule has 0 aliphatic heterocycles. The van der Waals surface area contributed by atoms with E-state index in [0.29, 0.717) is 0 Å². The summed E-state index contributed by atoms with van der Waals surface area (Å²) < 4.78 is 0. The van der Waals surface area contributed by atoms with Crippen LogP contribution in [0.5, 0.6) is 0 Å². The van der Waals surface area contributed by atoms with Crippen molar-refractivity contribution in [1.82, 2.24) is 9.80 Å². The lowest BCUT2D eigenvalue weighted by Crippen LogP contribution is -2.44. The van der Waals surface area contributed by atoms with Crippen LogP contribution in [0.15, 0.2) is 0 Å². The highest BCUT2D eigenvalue weighted by atomic mass is 16.2. The predicted molar refractivity (Wildman–Crippen MR) is 51.4 cm³/mol. The Labute approximate surface area is 79.5 Å². The fraction of sp³-hybridized carbons (Fsp3) is 0.778. The van der Waals surface area contributed by atoms with Crippen LogP contribution in [0.25, 0.3) is 0 Å². The molecule has 0 saturated carbocycles. The fourth-order valence-corrected chi connectivity index (χ4v) is 0.834. The van der Waals surface area contributed by atoms with Crippen molar-refractivity contribution in [2.45, 2.75) is 33.2 Å². The second-order valence-corrected chi connectivity index (χ2v) is 3.23. The van der Waals surface area contributed by atoms with Crippen molar-refractivity contribution in [2.75, 3.05) is 14.1 Å². The standard InChI is InChI=1S/C9H18N2O2/c1-6-7(2)10(4)9(13)11(5)8(3)12/h7H,6H2,1-5H3. The van der Waals surface area contributed by atoms with Gasteiger partial charge in [0.2, 0.25) is 5.91 Å². The molecule has 4 nitrogen and oxygen atoms in total. The van der Waals surface area contributed by atoms with Gasteiger partial charge in [-0.05, 0) is 13.3 Å². The van der Waals surface area contributed by atoms with Gasteiger partial charge < -0.3 is 4.90 Å². The summed E-state index contributed by atoms with van der Waals surface area (Å²) in [6.45, 7) is 5.33. The molecule has 0 aliphatic carbocycles. The highest BCUT2D eigenvalue weighted by molar-refractivity contribution is 5.92. The number of carbonyl (C=O) groups is 2. The topological polar surface area (TPSA) is 40.6 Å². The molecule has 0 aliphatic rings. The first-order valence-corrected chi connectivity index (χ1v) is 4.42. The van der Waals surface area contributed by atoms with Crippen LogP contribution in [-0.4, -0.2) is 41.9 Å². The molecule has 0 aromatic carbocycles. The Morgan fingerprint density at radius 3 is 2.08 bits per heavy atom. The van der Waals surface area contributed by atoms with Gasteiger partial charge in [0.1, 0.15) is 0 Å². The normalized spacial score (nSPS) is 12.1. The number of hydrogen-bond acceptors (Lipinski definition) is 2. The van der Waals surface area contributed by atoms with E-state index in [1.165, 1.54) is 14.0 Å². The number of amides is 3. The van der Waals surface area contributed by atoms with Crippen molar-refractivity contribution in [3.63, 3.8) is 0 Å². The Morgan fingerprint density at radius 2 is 1.77 bits per heavy atom. The molecule has 4 heteroatoms. The highest BCUT2D eigenvalue weighted by Crippen LogP contribution is 2.03. The lowest BCUT2D eigenvalue weighted by molar-refractivity contribution is -0.125. The molecule has 0 aromatic heterocycles. The van der Waals surface area contributed by atoms with Crippen molar-refractivity contribution in [3.8, 4) is 0 Å². The molecule has 0 heterocycles. The number of carbonyl (C=O) groups excluding carboxylic acids is 2. The van der Waals surface area contributed by atoms with Gasteiger partial charge in [-0.25, -0.2) is 4.79 Å². The average Bonchev–Trinajstić information content (AvgIpc) is 2.12. The summed E-state index contributed by atoms with van der Waals surface area (Å²) in [5.41, 5.74) is 0. The summed E-state index contributed by atoms with van der Waals surface area (Å²) in [6, 6.07) is -0.0869. The van der Waals surface area contributed by atoms with E-state index in [2.05, 4.69) is 0 Å². The van der Waals surface area contributed by atoms with E-state index in [1.54, 1.807) is 11.9 Å². The van der Waals surface area contributed by atoms with Crippen molar-refractivity contribution < 1.29 is 9.59 Å². The maximum atomic E-state index is 11.5. The van der Waals surface area contributed by atoms with E-state index >= 15 is 0 Å². The molecule has 0 saturated heterocycles. The third kappa shape index (κ3) is 3.05. The van der Waals surface area contributed by atoms with Gasteiger partial charge in [0.25, 0.3) is 0 Å². The Morgan fingerprint density at radius 1 is 1.31 bits per heavy atom. The first-order valence-electron chi connectivity index (χ1n) is 4.42. The number of nitrogens with zero attached hydrogens (tertiary/aromatic N) is 2. The lowest BCUT2D eigenvalue weighted by Gasteiger charge is -2.27.